The van der Waals surface area contributed by atoms with Gasteiger partial charge in [-0.2, -0.15) is 0 Å². The summed E-state index contributed by atoms with van der Waals surface area (Å²) in [4.78, 5) is 0. The molecule has 0 amide bonds. The van der Waals surface area contributed by atoms with E-state index in [1.54, 1.807) is 7.11 Å². The Balaban J connectivity index is 3.16. The Bertz CT molecular complexity index is 122. The van der Waals surface area contributed by atoms with Crippen molar-refractivity contribution in [3.63, 3.8) is 0 Å². The highest BCUT2D eigenvalue weighted by Crippen LogP contribution is 2.03. The third kappa shape index (κ3) is 9.14. The average Bonchev–Trinajstić information content (AvgIpc) is 2.11. The summed E-state index contributed by atoms with van der Waals surface area (Å²) in [5.41, 5.74) is 0. The first kappa shape index (κ1) is 13.8. The molecule has 0 aromatic heterocycles. The fraction of sp³-hybridized carbons (Fsp3) is 1.00. The van der Waals surface area contributed by atoms with E-state index in [0.29, 0.717) is 13.2 Å². The number of ether oxygens (including phenoxy) is 1. The summed E-state index contributed by atoms with van der Waals surface area (Å²) in [5.74, 6) is 0. The normalized spacial score (nSPS) is 12.0. The Kier molecular flexibility index (Phi) is 8.68. The molecule has 3 nitrogen and oxygen atoms in total. The molecule has 0 saturated heterocycles. The maximum atomic E-state index is 5.55. The molecule has 13 heavy (non-hydrogen) atoms. The molecular formula is C8H19IO3Si. The second kappa shape index (κ2) is 8.16. The number of hydrogen-bond acceptors (Lipinski definition) is 3. The lowest BCUT2D eigenvalue weighted by atomic mass is 10.5. The second-order valence-electron chi connectivity index (χ2n) is 3.11. The molecule has 0 N–H and O–H groups in total. The summed E-state index contributed by atoms with van der Waals surface area (Å²) in [5, 5.41) is 0. The quantitative estimate of drug-likeness (QED) is 0.297. The molecule has 80 valence electrons. The van der Waals surface area contributed by atoms with Gasteiger partial charge in [0.1, 0.15) is 0 Å². The van der Waals surface area contributed by atoms with Gasteiger partial charge in [-0.1, -0.05) is 22.6 Å². The van der Waals surface area contributed by atoms with Gasteiger partial charge in [-0.3, -0.25) is 0 Å². The third-order valence-corrected chi connectivity index (χ3v) is 4.24. The van der Waals surface area contributed by atoms with Gasteiger partial charge < -0.3 is 13.6 Å². The van der Waals surface area contributed by atoms with E-state index >= 15 is 0 Å². The van der Waals surface area contributed by atoms with Crippen LogP contribution in [-0.2, 0) is 13.6 Å². The molecule has 0 fully saturated rings. The SMILES string of the molecule is CO[Si](C)(C)OCCOCCCI. The molecule has 0 atom stereocenters. The Morgan fingerprint density at radius 1 is 1.15 bits per heavy atom. The van der Waals surface area contributed by atoms with Crippen LogP contribution in [0.3, 0.4) is 0 Å². The summed E-state index contributed by atoms with van der Waals surface area (Å²) in [6.45, 7) is 6.21. The van der Waals surface area contributed by atoms with Crippen LogP contribution in [0, 0.1) is 0 Å². The monoisotopic (exact) mass is 318 g/mol. The highest BCUT2D eigenvalue weighted by molar-refractivity contribution is 14.1. The van der Waals surface area contributed by atoms with Gasteiger partial charge in [0, 0.05) is 18.1 Å². The first-order chi connectivity index (χ1) is 6.12. The van der Waals surface area contributed by atoms with Gasteiger partial charge in [-0.15, -0.1) is 0 Å². The predicted octanol–water partition coefficient (Wildman–Crippen LogP) is 2.19. The number of alkyl halides is 1. The van der Waals surface area contributed by atoms with Gasteiger partial charge in [0.05, 0.1) is 13.2 Å². The lowest BCUT2D eigenvalue weighted by Crippen LogP contribution is -2.34. The zero-order valence-electron chi connectivity index (χ0n) is 8.64. The van der Waals surface area contributed by atoms with E-state index in [0.717, 1.165) is 17.5 Å². The summed E-state index contributed by atoms with van der Waals surface area (Å²) in [6, 6.07) is 0. The lowest BCUT2D eigenvalue weighted by Gasteiger charge is -2.19. The minimum absolute atomic E-state index is 0.647. The molecule has 0 radical (unpaired) electrons. The zero-order valence-corrected chi connectivity index (χ0v) is 11.8. The lowest BCUT2D eigenvalue weighted by molar-refractivity contribution is 0.0866. The topological polar surface area (TPSA) is 27.7 Å². The molecule has 0 heterocycles. The molecule has 0 saturated carbocycles. The van der Waals surface area contributed by atoms with Crippen molar-refractivity contribution in [1.29, 1.82) is 0 Å². The average molecular weight is 318 g/mol. The molecule has 0 spiro atoms. The molecule has 5 heteroatoms. The standard InChI is InChI=1S/C8H19IO3Si/c1-10-13(2,3)12-8-7-11-6-4-5-9/h4-8H2,1-3H3. The Morgan fingerprint density at radius 3 is 2.38 bits per heavy atom. The minimum Gasteiger partial charge on any atom is -0.398 e. The minimum atomic E-state index is -1.83. The van der Waals surface area contributed by atoms with Crippen molar-refractivity contribution < 1.29 is 13.6 Å². The van der Waals surface area contributed by atoms with Gasteiger partial charge in [0.15, 0.2) is 0 Å². The molecule has 0 unspecified atom stereocenters. The molecule has 0 rings (SSSR count). The fourth-order valence-electron chi connectivity index (χ4n) is 0.664. The van der Waals surface area contributed by atoms with E-state index in [-0.39, 0.29) is 0 Å². The van der Waals surface area contributed by atoms with Crippen LogP contribution in [0.5, 0.6) is 0 Å². The summed E-state index contributed by atoms with van der Waals surface area (Å²) < 4.78 is 17.3. The zero-order chi connectivity index (χ0) is 10.2. The Hall–Kier alpha value is 0.827. The molecule has 0 aliphatic heterocycles. The van der Waals surface area contributed by atoms with E-state index in [2.05, 4.69) is 22.6 Å². The maximum Gasteiger partial charge on any atom is 0.331 e. The largest absolute Gasteiger partial charge is 0.398 e. The Labute approximate surface area is 95.5 Å². The van der Waals surface area contributed by atoms with E-state index in [4.69, 9.17) is 13.6 Å². The second-order valence-corrected chi connectivity index (χ2v) is 7.68. The molecule has 0 aliphatic carbocycles. The molecule has 0 aromatic carbocycles. The van der Waals surface area contributed by atoms with Gasteiger partial charge in [0.25, 0.3) is 0 Å². The highest BCUT2D eigenvalue weighted by Gasteiger charge is 2.21. The van der Waals surface area contributed by atoms with Gasteiger partial charge in [-0.25, -0.2) is 0 Å². The predicted molar refractivity (Wildman–Crippen MR) is 64.8 cm³/mol. The first-order valence-electron chi connectivity index (χ1n) is 4.45. The van der Waals surface area contributed by atoms with Crippen LogP contribution in [0.1, 0.15) is 6.42 Å². The molecule has 0 aliphatic rings. The number of halogens is 1. The van der Waals surface area contributed by atoms with Crippen molar-refractivity contribution in [1.82, 2.24) is 0 Å². The number of hydrogen-bond donors (Lipinski definition) is 0. The fourth-order valence-corrected chi connectivity index (χ4v) is 1.67. The van der Waals surface area contributed by atoms with Gasteiger partial charge in [-0.05, 0) is 19.5 Å². The van der Waals surface area contributed by atoms with Crippen molar-refractivity contribution in [3.05, 3.63) is 0 Å². The van der Waals surface area contributed by atoms with E-state index < -0.39 is 8.56 Å². The Morgan fingerprint density at radius 2 is 1.85 bits per heavy atom. The van der Waals surface area contributed by atoms with E-state index in [1.165, 1.54) is 0 Å². The van der Waals surface area contributed by atoms with Crippen LogP contribution in [0.2, 0.25) is 13.1 Å². The van der Waals surface area contributed by atoms with Gasteiger partial charge in [0.2, 0.25) is 0 Å². The molecule has 0 bridgehead atoms. The van der Waals surface area contributed by atoms with Crippen LogP contribution >= 0.6 is 22.6 Å². The first-order valence-corrected chi connectivity index (χ1v) is 8.79. The van der Waals surface area contributed by atoms with Crippen LogP contribution in [0.25, 0.3) is 0 Å². The van der Waals surface area contributed by atoms with Crippen molar-refractivity contribution >= 4 is 31.2 Å². The van der Waals surface area contributed by atoms with Crippen LogP contribution in [0.15, 0.2) is 0 Å². The van der Waals surface area contributed by atoms with Crippen LogP contribution < -0.4 is 0 Å². The highest BCUT2D eigenvalue weighted by atomic mass is 127. The van der Waals surface area contributed by atoms with Gasteiger partial charge >= 0.3 is 8.56 Å². The van der Waals surface area contributed by atoms with Crippen molar-refractivity contribution in [3.8, 4) is 0 Å². The number of rotatable bonds is 8. The van der Waals surface area contributed by atoms with Crippen LogP contribution in [0.4, 0.5) is 0 Å². The van der Waals surface area contributed by atoms with Crippen molar-refractivity contribution in [2.75, 3.05) is 31.4 Å². The van der Waals surface area contributed by atoms with E-state index in [9.17, 15) is 0 Å². The molecule has 0 aromatic rings. The summed E-state index contributed by atoms with van der Waals surface area (Å²) in [7, 11) is -0.130. The summed E-state index contributed by atoms with van der Waals surface area (Å²) in [6.07, 6.45) is 1.12. The maximum absolute atomic E-state index is 5.55. The van der Waals surface area contributed by atoms with Crippen LogP contribution in [-0.4, -0.2) is 39.9 Å². The third-order valence-electron chi connectivity index (χ3n) is 1.59. The van der Waals surface area contributed by atoms with Crippen molar-refractivity contribution in [2.24, 2.45) is 0 Å². The van der Waals surface area contributed by atoms with Crippen molar-refractivity contribution in [2.45, 2.75) is 19.5 Å². The molecular weight excluding hydrogens is 299 g/mol. The van der Waals surface area contributed by atoms with E-state index in [1.807, 2.05) is 13.1 Å². The smallest absolute Gasteiger partial charge is 0.331 e. The summed E-state index contributed by atoms with van der Waals surface area (Å²) >= 11 is 2.34.